The zero-order chi connectivity index (χ0) is 14.3. The van der Waals surface area contributed by atoms with Gasteiger partial charge in [-0.1, -0.05) is 17.7 Å². The highest BCUT2D eigenvalue weighted by Crippen LogP contribution is 2.32. The minimum absolute atomic E-state index is 0.0660. The van der Waals surface area contributed by atoms with Crippen LogP contribution in [0.2, 0.25) is 5.02 Å². The summed E-state index contributed by atoms with van der Waals surface area (Å²) in [7, 11) is 0. The van der Waals surface area contributed by atoms with Crippen LogP contribution in [0.3, 0.4) is 0 Å². The predicted octanol–water partition coefficient (Wildman–Crippen LogP) is 3.89. The molecule has 0 unspecified atom stereocenters. The summed E-state index contributed by atoms with van der Waals surface area (Å²) in [5.41, 5.74) is 9.08. The third-order valence-electron chi connectivity index (χ3n) is 3.41. The average molecular weight is 352 g/mol. The van der Waals surface area contributed by atoms with Crippen molar-refractivity contribution < 1.29 is 4.79 Å². The van der Waals surface area contributed by atoms with Crippen LogP contribution in [0.4, 0.5) is 11.4 Å². The Morgan fingerprint density at radius 2 is 2.05 bits per heavy atom. The molecule has 0 spiro atoms. The smallest absolute Gasteiger partial charge is 0.259 e. The number of hydrogen-bond donors (Lipinski definition) is 1. The van der Waals surface area contributed by atoms with Crippen molar-refractivity contribution in [1.82, 2.24) is 0 Å². The quantitative estimate of drug-likeness (QED) is 0.792. The van der Waals surface area contributed by atoms with Crippen LogP contribution in [0.15, 0.2) is 40.9 Å². The van der Waals surface area contributed by atoms with Crippen molar-refractivity contribution in [3.63, 3.8) is 0 Å². The van der Waals surface area contributed by atoms with Crippen molar-refractivity contribution >= 4 is 44.8 Å². The minimum atomic E-state index is -0.0660. The first-order chi connectivity index (χ1) is 9.56. The molecule has 0 radical (unpaired) electrons. The molecule has 0 atom stereocenters. The summed E-state index contributed by atoms with van der Waals surface area (Å²) in [6.07, 6.45) is 0.847. The highest BCUT2D eigenvalue weighted by atomic mass is 79.9. The van der Waals surface area contributed by atoms with Crippen LogP contribution in [-0.4, -0.2) is 12.5 Å². The molecule has 1 heterocycles. The molecule has 3 rings (SSSR count). The monoisotopic (exact) mass is 350 g/mol. The maximum absolute atomic E-state index is 12.7. The van der Waals surface area contributed by atoms with Gasteiger partial charge in [0.2, 0.25) is 0 Å². The molecule has 1 amide bonds. The summed E-state index contributed by atoms with van der Waals surface area (Å²) in [5.74, 6) is -0.0660. The molecule has 2 aromatic carbocycles. The number of anilines is 2. The molecule has 0 saturated carbocycles. The van der Waals surface area contributed by atoms with Gasteiger partial charge in [0.15, 0.2) is 0 Å². The van der Waals surface area contributed by atoms with Crippen LogP contribution in [-0.2, 0) is 6.42 Å². The van der Waals surface area contributed by atoms with Crippen molar-refractivity contribution in [1.29, 1.82) is 0 Å². The SMILES string of the molecule is Nc1ccc2c(c1)N(C(=O)c1cc(Cl)ccc1Br)CC2. The number of nitrogens with zero attached hydrogens (tertiary/aromatic N) is 1. The Morgan fingerprint density at radius 3 is 2.85 bits per heavy atom. The second kappa shape index (κ2) is 5.11. The lowest BCUT2D eigenvalue weighted by Gasteiger charge is -2.18. The highest BCUT2D eigenvalue weighted by Gasteiger charge is 2.26. The Hall–Kier alpha value is -1.52. The molecule has 0 aliphatic carbocycles. The first-order valence-corrected chi connectivity index (χ1v) is 7.38. The van der Waals surface area contributed by atoms with Crippen molar-refractivity contribution in [3.8, 4) is 0 Å². The normalized spacial score (nSPS) is 13.4. The van der Waals surface area contributed by atoms with Gasteiger partial charge >= 0.3 is 0 Å². The zero-order valence-corrected chi connectivity index (χ0v) is 12.9. The number of rotatable bonds is 1. The molecule has 102 valence electrons. The zero-order valence-electron chi connectivity index (χ0n) is 10.6. The number of hydrogen-bond acceptors (Lipinski definition) is 2. The molecule has 0 bridgehead atoms. The lowest BCUT2D eigenvalue weighted by Crippen LogP contribution is -2.29. The predicted molar refractivity (Wildman–Crippen MR) is 85.4 cm³/mol. The summed E-state index contributed by atoms with van der Waals surface area (Å²) < 4.78 is 0.740. The van der Waals surface area contributed by atoms with E-state index in [1.165, 1.54) is 0 Å². The molecule has 0 saturated heterocycles. The summed E-state index contributed by atoms with van der Waals surface area (Å²) in [6, 6.07) is 10.9. The van der Waals surface area contributed by atoms with Crippen LogP contribution < -0.4 is 10.6 Å². The molecule has 0 fully saturated rings. The van der Waals surface area contributed by atoms with E-state index >= 15 is 0 Å². The van der Waals surface area contributed by atoms with E-state index in [0.717, 1.165) is 22.1 Å². The van der Waals surface area contributed by atoms with Crippen molar-refractivity contribution in [2.45, 2.75) is 6.42 Å². The van der Waals surface area contributed by atoms with Gasteiger partial charge in [-0.3, -0.25) is 4.79 Å². The fourth-order valence-electron chi connectivity index (χ4n) is 2.41. The molecular formula is C15H12BrClN2O. The van der Waals surface area contributed by atoms with Gasteiger partial charge in [-0.15, -0.1) is 0 Å². The Bertz CT molecular complexity index is 702. The van der Waals surface area contributed by atoms with Gasteiger partial charge in [0.25, 0.3) is 5.91 Å². The van der Waals surface area contributed by atoms with Gasteiger partial charge in [-0.25, -0.2) is 0 Å². The first kappa shape index (κ1) is 13.5. The number of carbonyl (C=O) groups excluding carboxylic acids is 1. The Morgan fingerprint density at radius 1 is 1.25 bits per heavy atom. The van der Waals surface area contributed by atoms with E-state index < -0.39 is 0 Å². The molecule has 5 heteroatoms. The number of benzene rings is 2. The maximum Gasteiger partial charge on any atom is 0.259 e. The number of carbonyl (C=O) groups is 1. The molecule has 3 nitrogen and oxygen atoms in total. The summed E-state index contributed by atoms with van der Waals surface area (Å²) in [5, 5.41) is 0.545. The van der Waals surface area contributed by atoms with Crippen molar-refractivity contribution in [2.75, 3.05) is 17.2 Å². The second-order valence-electron chi connectivity index (χ2n) is 4.72. The molecule has 1 aliphatic heterocycles. The number of halogens is 2. The van der Waals surface area contributed by atoms with Crippen LogP contribution in [0, 0.1) is 0 Å². The van der Waals surface area contributed by atoms with Crippen LogP contribution in [0.25, 0.3) is 0 Å². The highest BCUT2D eigenvalue weighted by molar-refractivity contribution is 9.10. The van der Waals surface area contributed by atoms with Gasteiger partial charge in [-0.05, 0) is 58.2 Å². The average Bonchev–Trinajstić information content (AvgIpc) is 2.83. The number of nitrogens with two attached hydrogens (primary N) is 1. The van der Waals surface area contributed by atoms with E-state index in [-0.39, 0.29) is 5.91 Å². The molecule has 2 aromatic rings. The molecule has 1 aliphatic rings. The largest absolute Gasteiger partial charge is 0.399 e. The Balaban J connectivity index is 2.01. The summed E-state index contributed by atoms with van der Waals surface area (Å²) in [4.78, 5) is 14.4. The fourth-order valence-corrected chi connectivity index (χ4v) is 3.00. The van der Waals surface area contributed by atoms with Crippen LogP contribution in [0.5, 0.6) is 0 Å². The lowest BCUT2D eigenvalue weighted by atomic mass is 10.1. The fraction of sp³-hybridized carbons (Fsp3) is 0.133. The maximum atomic E-state index is 12.7. The number of nitrogen functional groups attached to an aromatic ring is 1. The molecular weight excluding hydrogens is 340 g/mol. The minimum Gasteiger partial charge on any atom is -0.399 e. The van der Waals surface area contributed by atoms with Crippen LogP contribution in [0.1, 0.15) is 15.9 Å². The molecule has 2 N–H and O–H groups in total. The topological polar surface area (TPSA) is 46.3 Å². The van der Waals surface area contributed by atoms with Gasteiger partial charge in [0.05, 0.1) is 5.56 Å². The van der Waals surface area contributed by atoms with E-state index in [0.29, 0.717) is 22.8 Å². The third-order valence-corrected chi connectivity index (χ3v) is 4.34. The summed E-state index contributed by atoms with van der Waals surface area (Å²) in [6.45, 7) is 0.663. The van der Waals surface area contributed by atoms with E-state index in [4.69, 9.17) is 17.3 Å². The lowest BCUT2D eigenvalue weighted by molar-refractivity contribution is 0.0988. The number of amides is 1. The van der Waals surface area contributed by atoms with E-state index in [2.05, 4.69) is 15.9 Å². The first-order valence-electron chi connectivity index (χ1n) is 6.21. The standard InChI is InChI=1S/C15H12BrClN2O/c16-13-4-2-10(17)7-12(13)15(20)19-6-5-9-1-3-11(18)8-14(9)19/h1-4,7-8H,5-6,18H2. The Labute approximate surface area is 130 Å². The Kier molecular flexibility index (Phi) is 3.44. The van der Waals surface area contributed by atoms with E-state index in [9.17, 15) is 4.79 Å². The summed E-state index contributed by atoms with van der Waals surface area (Å²) >= 11 is 9.38. The van der Waals surface area contributed by atoms with Gasteiger partial charge < -0.3 is 10.6 Å². The molecule has 0 aromatic heterocycles. The number of fused-ring (bicyclic) bond motifs is 1. The second-order valence-corrected chi connectivity index (χ2v) is 6.01. The van der Waals surface area contributed by atoms with Crippen molar-refractivity contribution in [2.24, 2.45) is 0 Å². The van der Waals surface area contributed by atoms with Crippen LogP contribution >= 0.6 is 27.5 Å². The van der Waals surface area contributed by atoms with E-state index in [1.54, 1.807) is 23.1 Å². The van der Waals surface area contributed by atoms with Crippen molar-refractivity contribution in [3.05, 3.63) is 57.0 Å². The molecule has 20 heavy (non-hydrogen) atoms. The van der Waals surface area contributed by atoms with Gasteiger partial charge in [-0.2, -0.15) is 0 Å². The van der Waals surface area contributed by atoms with E-state index in [1.807, 2.05) is 18.2 Å². The van der Waals surface area contributed by atoms with Gasteiger partial charge in [0.1, 0.15) is 0 Å². The van der Waals surface area contributed by atoms with Gasteiger partial charge in [0, 0.05) is 27.4 Å². The third kappa shape index (κ3) is 2.30.